The number of fused-ring (bicyclic) bond motifs is 1. The molecule has 2 aromatic rings. The van der Waals surface area contributed by atoms with Crippen molar-refractivity contribution in [3.05, 3.63) is 30.5 Å². The van der Waals surface area contributed by atoms with Crippen molar-refractivity contribution in [2.24, 2.45) is 0 Å². The monoisotopic (exact) mass is 258 g/mol. The summed E-state index contributed by atoms with van der Waals surface area (Å²) < 4.78 is 44.9. The Kier molecular flexibility index (Phi) is 2.32. The van der Waals surface area contributed by atoms with E-state index in [1.807, 2.05) is 0 Å². The Labute approximate surface area is 99.6 Å². The first kappa shape index (κ1) is 11.1. The highest BCUT2D eigenvalue weighted by molar-refractivity contribution is 5.32. The Bertz CT molecular complexity index is 534. The third kappa shape index (κ3) is 1.73. The number of nitrogens with zero attached hydrogens (tertiary/aromatic N) is 3. The average Bonchev–Trinajstić information content (AvgIpc) is 2.97. The molecule has 2 atom stereocenters. The molecule has 18 heavy (non-hydrogen) atoms. The van der Waals surface area contributed by atoms with Crippen molar-refractivity contribution >= 4 is 5.95 Å². The molecule has 0 aliphatic carbocycles. The molecule has 1 aliphatic rings. The predicted octanol–water partition coefficient (Wildman–Crippen LogP) is 2.53. The highest BCUT2D eigenvalue weighted by Crippen LogP contribution is 2.42. The minimum absolute atomic E-state index is 0.102. The van der Waals surface area contributed by atoms with Crippen LogP contribution in [0.25, 0.3) is 0 Å². The molecule has 2 aromatic heterocycles. The Morgan fingerprint density at radius 1 is 1.44 bits per heavy atom. The van der Waals surface area contributed by atoms with Gasteiger partial charge in [0.15, 0.2) is 6.04 Å². The number of aromatic nitrogens is 3. The minimum Gasteiger partial charge on any atom is -0.467 e. The third-order valence-electron chi connectivity index (χ3n) is 2.90. The number of hydrogen-bond donors (Lipinski definition) is 1. The van der Waals surface area contributed by atoms with Crippen LogP contribution >= 0.6 is 0 Å². The van der Waals surface area contributed by atoms with Crippen molar-refractivity contribution in [2.45, 2.75) is 24.7 Å². The summed E-state index contributed by atoms with van der Waals surface area (Å²) in [7, 11) is 0. The molecule has 0 bridgehead atoms. The average molecular weight is 258 g/mol. The summed E-state index contributed by atoms with van der Waals surface area (Å²) in [5.74, 6) is 0.559. The smallest absolute Gasteiger partial charge is 0.411 e. The number of furan rings is 1. The molecule has 0 amide bonds. The van der Waals surface area contributed by atoms with Crippen molar-refractivity contribution in [3.8, 4) is 0 Å². The van der Waals surface area contributed by atoms with Crippen molar-refractivity contribution in [1.82, 2.24) is 14.8 Å². The molecule has 3 heterocycles. The van der Waals surface area contributed by atoms with Crippen molar-refractivity contribution in [3.63, 3.8) is 0 Å². The van der Waals surface area contributed by atoms with Gasteiger partial charge in [-0.2, -0.15) is 23.3 Å². The number of anilines is 1. The first-order valence-electron chi connectivity index (χ1n) is 5.32. The number of rotatable bonds is 1. The lowest BCUT2D eigenvalue weighted by molar-refractivity contribution is -0.174. The topological polar surface area (TPSA) is 55.9 Å². The summed E-state index contributed by atoms with van der Waals surface area (Å²) in [6.07, 6.45) is -2.01. The zero-order valence-electron chi connectivity index (χ0n) is 9.05. The van der Waals surface area contributed by atoms with Crippen LogP contribution in [0.5, 0.6) is 0 Å². The van der Waals surface area contributed by atoms with Gasteiger partial charge in [-0.15, -0.1) is 0 Å². The van der Waals surface area contributed by atoms with Crippen LogP contribution in [-0.2, 0) is 0 Å². The second-order valence-electron chi connectivity index (χ2n) is 4.03. The van der Waals surface area contributed by atoms with E-state index in [0.29, 0.717) is 5.76 Å². The number of halogens is 3. The summed E-state index contributed by atoms with van der Waals surface area (Å²) in [5.41, 5.74) is 0. The van der Waals surface area contributed by atoms with Crippen LogP contribution in [0.2, 0.25) is 0 Å². The Hall–Kier alpha value is -1.99. The van der Waals surface area contributed by atoms with Gasteiger partial charge in [-0.3, -0.25) is 0 Å². The van der Waals surface area contributed by atoms with Crippen LogP contribution in [0, 0.1) is 0 Å². The van der Waals surface area contributed by atoms with Gasteiger partial charge in [-0.05, 0) is 12.1 Å². The molecule has 1 N–H and O–H groups in total. The van der Waals surface area contributed by atoms with Crippen LogP contribution in [0.4, 0.5) is 19.1 Å². The zero-order chi connectivity index (χ0) is 12.8. The van der Waals surface area contributed by atoms with E-state index in [1.165, 1.54) is 6.26 Å². The van der Waals surface area contributed by atoms with Crippen LogP contribution in [0.1, 0.15) is 24.3 Å². The fraction of sp³-hybridized carbons (Fsp3) is 0.400. The van der Waals surface area contributed by atoms with Gasteiger partial charge in [0.25, 0.3) is 0 Å². The lowest BCUT2D eigenvalue weighted by atomic mass is 10.0. The summed E-state index contributed by atoms with van der Waals surface area (Å²) in [4.78, 5) is 3.78. The van der Waals surface area contributed by atoms with E-state index in [2.05, 4.69) is 15.4 Å². The first-order valence-corrected chi connectivity index (χ1v) is 5.32. The minimum atomic E-state index is -4.37. The van der Waals surface area contributed by atoms with Gasteiger partial charge in [0.2, 0.25) is 5.95 Å². The largest absolute Gasteiger partial charge is 0.467 e. The van der Waals surface area contributed by atoms with Crippen LogP contribution in [0.3, 0.4) is 0 Å². The number of alkyl halides is 3. The number of hydrogen-bond acceptors (Lipinski definition) is 4. The highest BCUT2D eigenvalue weighted by atomic mass is 19.4. The summed E-state index contributed by atoms with van der Waals surface area (Å²) in [6.45, 7) is 0. The van der Waals surface area contributed by atoms with Gasteiger partial charge < -0.3 is 9.73 Å². The second-order valence-corrected chi connectivity index (χ2v) is 4.03. The van der Waals surface area contributed by atoms with Gasteiger partial charge in [-0.25, -0.2) is 4.68 Å². The molecule has 96 valence electrons. The molecule has 0 saturated carbocycles. The molecule has 1 aliphatic heterocycles. The summed E-state index contributed by atoms with van der Waals surface area (Å²) in [6, 6.07) is 1.03. The van der Waals surface area contributed by atoms with Crippen molar-refractivity contribution < 1.29 is 17.6 Å². The Balaban J connectivity index is 1.97. The fourth-order valence-corrected chi connectivity index (χ4v) is 2.07. The number of nitrogens with one attached hydrogen (secondary N) is 1. The predicted molar refractivity (Wildman–Crippen MR) is 54.8 cm³/mol. The second kappa shape index (κ2) is 3.76. The van der Waals surface area contributed by atoms with Crippen LogP contribution in [-0.4, -0.2) is 20.9 Å². The van der Waals surface area contributed by atoms with E-state index in [4.69, 9.17) is 4.42 Å². The lowest BCUT2D eigenvalue weighted by Crippen LogP contribution is -2.35. The molecule has 0 saturated heterocycles. The molecule has 0 aromatic carbocycles. The van der Waals surface area contributed by atoms with E-state index < -0.39 is 18.3 Å². The van der Waals surface area contributed by atoms with Crippen LogP contribution < -0.4 is 5.32 Å². The van der Waals surface area contributed by atoms with E-state index in [9.17, 15) is 13.2 Å². The molecule has 0 spiro atoms. The van der Waals surface area contributed by atoms with Crippen molar-refractivity contribution in [2.75, 3.05) is 5.32 Å². The maximum absolute atomic E-state index is 13.0. The molecule has 3 rings (SSSR count). The zero-order valence-corrected chi connectivity index (χ0v) is 9.05. The van der Waals surface area contributed by atoms with Gasteiger partial charge in [-0.1, -0.05) is 0 Å². The normalized spacial score (nSPS) is 23.5. The molecular formula is C10H9F3N4O. The van der Waals surface area contributed by atoms with E-state index in [-0.39, 0.29) is 12.4 Å². The van der Waals surface area contributed by atoms with E-state index >= 15 is 0 Å². The van der Waals surface area contributed by atoms with Crippen LogP contribution in [0.15, 0.2) is 29.1 Å². The molecule has 5 nitrogen and oxygen atoms in total. The standard InChI is InChI=1S/C10H9F3N4O/c11-10(12,13)8-4-6(7-2-1-3-18-7)16-9-14-5-15-17(8)9/h1-3,5-6,8H,4H2,(H,14,15,16)/t6-,8-/m0/s1. The molecule has 8 heteroatoms. The lowest BCUT2D eigenvalue weighted by Gasteiger charge is -2.31. The Morgan fingerprint density at radius 3 is 2.94 bits per heavy atom. The first-order chi connectivity index (χ1) is 8.55. The summed E-state index contributed by atoms with van der Waals surface area (Å²) in [5, 5.41) is 6.49. The van der Waals surface area contributed by atoms with Gasteiger partial charge >= 0.3 is 6.18 Å². The van der Waals surface area contributed by atoms with Crippen molar-refractivity contribution in [1.29, 1.82) is 0 Å². The molecule has 0 unspecified atom stereocenters. The maximum Gasteiger partial charge on any atom is 0.411 e. The maximum atomic E-state index is 13.0. The van der Waals surface area contributed by atoms with Gasteiger partial charge in [0.1, 0.15) is 12.1 Å². The fourth-order valence-electron chi connectivity index (χ4n) is 2.07. The van der Waals surface area contributed by atoms with E-state index in [1.54, 1.807) is 12.1 Å². The molecular weight excluding hydrogens is 249 g/mol. The highest BCUT2D eigenvalue weighted by Gasteiger charge is 2.47. The quantitative estimate of drug-likeness (QED) is 0.854. The van der Waals surface area contributed by atoms with Gasteiger partial charge in [0.05, 0.1) is 12.3 Å². The summed E-state index contributed by atoms with van der Waals surface area (Å²) >= 11 is 0. The SMILES string of the molecule is FC(F)(F)[C@@H]1C[C@@H](c2ccco2)Nc2ncnn21. The third-order valence-corrected chi connectivity index (χ3v) is 2.90. The Morgan fingerprint density at radius 2 is 2.28 bits per heavy atom. The van der Waals surface area contributed by atoms with E-state index in [0.717, 1.165) is 11.0 Å². The molecule has 0 radical (unpaired) electrons. The molecule has 0 fully saturated rings. The van der Waals surface area contributed by atoms with Gasteiger partial charge in [0, 0.05) is 6.42 Å².